The van der Waals surface area contributed by atoms with Crippen molar-refractivity contribution in [3.63, 3.8) is 0 Å². The van der Waals surface area contributed by atoms with Gasteiger partial charge in [0.2, 0.25) is 11.6 Å². The molecular weight excluding hydrogens is 382 g/mol. The number of nitroso groups, excluding NO2 is 1. The molecule has 2 aromatic carbocycles. The zero-order valence-corrected chi connectivity index (χ0v) is 15.4. The Morgan fingerprint density at radius 3 is 2.24 bits per heavy atom. The Morgan fingerprint density at radius 2 is 1.69 bits per heavy atom. The third-order valence-corrected chi connectivity index (χ3v) is 4.89. The van der Waals surface area contributed by atoms with E-state index in [1.807, 2.05) is 36.4 Å². The van der Waals surface area contributed by atoms with E-state index in [0.29, 0.717) is 5.75 Å². The highest BCUT2D eigenvalue weighted by atomic mass is 19.3. The summed E-state index contributed by atoms with van der Waals surface area (Å²) in [6.45, 7) is 0. The molecular formula is C20H17F2N4O3+. The summed E-state index contributed by atoms with van der Waals surface area (Å²) in [6.07, 6.45) is -0.180. The summed E-state index contributed by atoms with van der Waals surface area (Å²) in [6, 6.07) is 14.6. The molecule has 0 spiro atoms. The Morgan fingerprint density at radius 1 is 1.10 bits per heavy atom. The van der Waals surface area contributed by atoms with E-state index in [1.165, 1.54) is 0 Å². The van der Waals surface area contributed by atoms with E-state index in [1.54, 1.807) is 12.1 Å². The van der Waals surface area contributed by atoms with Crippen LogP contribution in [0.5, 0.6) is 11.6 Å². The van der Waals surface area contributed by atoms with Crippen molar-refractivity contribution in [1.82, 2.24) is 15.4 Å². The number of alkyl halides is 2. The second-order valence-electron chi connectivity index (χ2n) is 7.00. The molecule has 0 unspecified atom stereocenters. The van der Waals surface area contributed by atoms with Crippen molar-refractivity contribution in [3.05, 3.63) is 64.7 Å². The predicted octanol–water partition coefficient (Wildman–Crippen LogP) is 4.33. The van der Waals surface area contributed by atoms with Crippen LogP contribution in [0.1, 0.15) is 34.8 Å². The van der Waals surface area contributed by atoms with Gasteiger partial charge < -0.3 is 4.74 Å². The highest BCUT2D eigenvalue weighted by Gasteiger charge is 2.45. The van der Waals surface area contributed by atoms with Crippen LogP contribution in [0.15, 0.2) is 48.5 Å². The average Bonchev–Trinajstić information content (AvgIpc) is 3.14. The maximum absolute atomic E-state index is 13.0. The molecule has 1 amide bonds. The minimum Gasteiger partial charge on any atom is -0.436 e. The van der Waals surface area contributed by atoms with Gasteiger partial charge in [-0.2, -0.15) is 0 Å². The monoisotopic (exact) mass is 399 g/mol. The third kappa shape index (κ3) is 3.89. The maximum Gasteiger partial charge on any atom is 0.488 e. The van der Waals surface area contributed by atoms with E-state index in [2.05, 4.69) is 15.4 Å². The number of halogens is 2. The highest BCUT2D eigenvalue weighted by Crippen LogP contribution is 2.48. The van der Waals surface area contributed by atoms with Crippen molar-refractivity contribution in [2.45, 2.75) is 24.7 Å². The normalized spacial score (nSPS) is 15.6. The van der Waals surface area contributed by atoms with E-state index < -0.39 is 11.8 Å². The van der Waals surface area contributed by atoms with Crippen molar-refractivity contribution in [3.8, 4) is 22.8 Å². The molecule has 0 atom stereocenters. The smallest absolute Gasteiger partial charge is 0.436 e. The molecule has 1 N–H and O–H groups in total. The van der Waals surface area contributed by atoms with Gasteiger partial charge in [0, 0.05) is 17.7 Å². The number of hydrogen-bond acceptors (Lipinski definition) is 5. The molecule has 0 radical (unpaired) electrons. The predicted molar refractivity (Wildman–Crippen MR) is 99.1 cm³/mol. The fourth-order valence-electron chi connectivity index (χ4n) is 3.26. The molecule has 0 bridgehead atoms. The Labute approximate surface area is 164 Å². The van der Waals surface area contributed by atoms with E-state index in [0.717, 1.165) is 23.7 Å². The largest absolute Gasteiger partial charge is 0.488 e. The molecule has 1 heterocycles. The Hall–Kier alpha value is -3.49. The van der Waals surface area contributed by atoms with Gasteiger partial charge in [-0.1, -0.05) is 46.7 Å². The number of rotatable bonds is 5. The number of hydrogen-bond donors (Lipinski definition) is 1. The number of nitrogens with one attached hydrogen (secondary N) is 1. The van der Waals surface area contributed by atoms with Crippen LogP contribution in [0.3, 0.4) is 0 Å². The van der Waals surface area contributed by atoms with Gasteiger partial charge in [-0.05, 0) is 34.7 Å². The van der Waals surface area contributed by atoms with E-state index in [4.69, 9.17) is 4.74 Å². The lowest BCUT2D eigenvalue weighted by Crippen LogP contribution is -2.33. The first-order chi connectivity index (χ1) is 13.8. The molecule has 1 aliphatic rings. The van der Waals surface area contributed by atoms with Crippen LogP contribution in [0.2, 0.25) is 0 Å². The molecule has 0 saturated heterocycles. The summed E-state index contributed by atoms with van der Waals surface area (Å²) in [5.74, 6) is -3.13. The van der Waals surface area contributed by atoms with Gasteiger partial charge in [0.25, 0.3) is 5.88 Å². The Bertz CT molecular complexity index is 1050. The van der Waals surface area contributed by atoms with Gasteiger partial charge >= 0.3 is 5.91 Å². The Kier molecular flexibility index (Phi) is 4.65. The number of benzene rings is 2. The van der Waals surface area contributed by atoms with Gasteiger partial charge in [-0.3, -0.25) is 0 Å². The molecule has 0 aliphatic heterocycles. The molecule has 148 valence electrons. The number of nitrogens with zero attached hydrogens (tertiary/aromatic N) is 3. The zero-order chi connectivity index (χ0) is 20.6. The zero-order valence-electron chi connectivity index (χ0n) is 15.4. The lowest BCUT2D eigenvalue weighted by atomic mass is 9.76. The lowest BCUT2D eigenvalue weighted by Gasteiger charge is -2.35. The molecule has 29 heavy (non-hydrogen) atoms. The van der Waals surface area contributed by atoms with E-state index >= 15 is 0 Å². The number of aromatic nitrogens is 3. The van der Waals surface area contributed by atoms with Crippen molar-refractivity contribution in [2.75, 3.05) is 7.05 Å². The minimum absolute atomic E-state index is 0.0812. The summed E-state index contributed by atoms with van der Waals surface area (Å²) >= 11 is 0. The van der Waals surface area contributed by atoms with Crippen LogP contribution in [0, 0.1) is 4.91 Å². The number of H-pyrrole nitrogens is 1. The Balaban J connectivity index is 1.45. The lowest BCUT2D eigenvalue weighted by molar-refractivity contribution is -0.416. The second kappa shape index (κ2) is 7.16. The summed E-state index contributed by atoms with van der Waals surface area (Å²) < 4.78 is 31.8. The molecule has 4 rings (SSSR count). The van der Waals surface area contributed by atoms with Gasteiger partial charge in [-0.15, -0.1) is 0 Å². The van der Waals surface area contributed by atoms with Crippen LogP contribution in [-0.4, -0.2) is 39.0 Å². The number of carbonyl (C=O) groups excluding carboxylic acids is 1. The molecule has 1 aromatic heterocycles. The van der Waals surface area contributed by atoms with Crippen LogP contribution >= 0.6 is 0 Å². The van der Waals surface area contributed by atoms with E-state index in [-0.39, 0.29) is 35.1 Å². The first-order valence-electron chi connectivity index (χ1n) is 8.95. The van der Waals surface area contributed by atoms with Crippen molar-refractivity contribution in [2.24, 2.45) is 0 Å². The van der Waals surface area contributed by atoms with Crippen molar-refractivity contribution < 1.29 is 23.1 Å². The van der Waals surface area contributed by atoms with Gasteiger partial charge in [0.05, 0.1) is 4.76 Å². The number of ether oxygens (including phenoxy) is 1. The van der Waals surface area contributed by atoms with Gasteiger partial charge in [0.1, 0.15) is 5.75 Å². The number of aromatic amines is 1. The molecule has 1 fully saturated rings. The number of carbonyl (C=O) groups is 1. The fourth-order valence-corrected chi connectivity index (χ4v) is 3.26. The minimum atomic E-state index is -2.53. The summed E-state index contributed by atoms with van der Waals surface area (Å²) in [5.41, 5.74) is 2.64. The molecule has 1 saturated carbocycles. The van der Waals surface area contributed by atoms with Crippen molar-refractivity contribution >= 4 is 5.91 Å². The first kappa shape index (κ1) is 18.9. The maximum atomic E-state index is 13.0. The SMILES string of the molecule is C[N+](=O)C(=O)c1[nH]nnc1Oc1ccc(-c2ccc(C3CC(F)(F)C3)cc2)cc1. The van der Waals surface area contributed by atoms with Gasteiger partial charge in [0.15, 0.2) is 7.05 Å². The van der Waals surface area contributed by atoms with Crippen LogP contribution in [-0.2, 0) is 0 Å². The van der Waals surface area contributed by atoms with Crippen molar-refractivity contribution in [1.29, 1.82) is 0 Å². The summed E-state index contributed by atoms with van der Waals surface area (Å²) in [4.78, 5) is 22.9. The third-order valence-electron chi connectivity index (χ3n) is 4.89. The summed E-state index contributed by atoms with van der Waals surface area (Å²) in [5, 5.41) is 9.52. The average molecular weight is 399 g/mol. The quantitative estimate of drug-likeness (QED) is 0.646. The van der Waals surface area contributed by atoms with Crippen LogP contribution in [0.25, 0.3) is 11.1 Å². The van der Waals surface area contributed by atoms with Crippen LogP contribution in [0.4, 0.5) is 8.78 Å². The molecule has 1 aliphatic carbocycles. The summed E-state index contributed by atoms with van der Waals surface area (Å²) in [7, 11) is 1.07. The first-order valence-corrected chi connectivity index (χ1v) is 8.95. The topological polar surface area (TPSA) is 88.0 Å². The van der Waals surface area contributed by atoms with Gasteiger partial charge in [-0.25, -0.2) is 18.7 Å². The molecule has 3 aromatic rings. The van der Waals surface area contributed by atoms with E-state index in [9.17, 15) is 18.5 Å². The highest BCUT2D eigenvalue weighted by molar-refractivity contribution is 5.87. The molecule has 7 nitrogen and oxygen atoms in total. The number of amides is 1. The molecule has 9 heteroatoms. The second-order valence-corrected chi connectivity index (χ2v) is 7.00. The van der Waals surface area contributed by atoms with Crippen LogP contribution < -0.4 is 4.74 Å². The standard InChI is InChI=1S/C20H16F2N4O3/c1-26(28)19(27)17-18(24-25-23-17)29-16-8-6-13(7-9-16)12-2-4-14(5-3-12)15-10-20(21,22)11-15/h2-9,15H,10-11H2,1H3/p+1. The fraction of sp³-hybridized carbons (Fsp3) is 0.250.